The number of benzene rings is 1. The lowest BCUT2D eigenvalue weighted by Crippen LogP contribution is -2.22. The summed E-state index contributed by atoms with van der Waals surface area (Å²) >= 11 is 0. The Kier molecular flexibility index (Phi) is 2.30. The van der Waals surface area contributed by atoms with Crippen LogP contribution in [-0.4, -0.2) is 18.5 Å². The van der Waals surface area contributed by atoms with Crippen LogP contribution in [0.25, 0.3) is 0 Å². The molecule has 68 valence electrons. The van der Waals surface area contributed by atoms with E-state index in [1.54, 1.807) is 0 Å². The number of hydrogen-bond donors (Lipinski definition) is 0. The smallest absolute Gasteiger partial charge is 0.216 e. The van der Waals surface area contributed by atoms with Gasteiger partial charge in [-0.1, -0.05) is 18.2 Å². The molecule has 1 unspecified atom stereocenters. The average Bonchev–Trinajstić information content (AvgIpc) is 2.19. The number of ether oxygens (including phenoxy) is 1. The van der Waals surface area contributed by atoms with E-state index in [1.807, 2.05) is 30.3 Å². The predicted octanol–water partition coefficient (Wildman–Crippen LogP) is 2.24. The highest BCUT2D eigenvalue weighted by Crippen LogP contribution is 2.11. The maximum atomic E-state index is 5.62. The minimum absolute atomic E-state index is 0.299. The van der Waals surface area contributed by atoms with Gasteiger partial charge in [-0.25, -0.2) is 0 Å². The highest BCUT2D eigenvalue weighted by Gasteiger charge is 2.13. The van der Waals surface area contributed by atoms with Crippen molar-refractivity contribution in [1.82, 2.24) is 0 Å². The Morgan fingerprint density at radius 2 is 2.08 bits per heavy atom. The van der Waals surface area contributed by atoms with E-state index < -0.39 is 0 Å². The largest absolute Gasteiger partial charge is 0.474 e. The Hall–Kier alpha value is -1.31. The van der Waals surface area contributed by atoms with Crippen LogP contribution in [0.15, 0.2) is 35.3 Å². The van der Waals surface area contributed by atoms with Crippen LogP contribution in [0.3, 0.4) is 0 Å². The van der Waals surface area contributed by atoms with Crippen LogP contribution in [0.2, 0.25) is 0 Å². The topological polar surface area (TPSA) is 21.6 Å². The summed E-state index contributed by atoms with van der Waals surface area (Å²) < 4.78 is 5.62. The number of nitrogens with zero attached hydrogens (tertiary/aromatic N) is 1. The van der Waals surface area contributed by atoms with E-state index in [2.05, 4.69) is 11.9 Å². The molecule has 0 radical (unpaired) electrons. The van der Waals surface area contributed by atoms with Gasteiger partial charge in [-0.2, -0.15) is 0 Å². The Bertz CT molecular complexity index is 305. The van der Waals surface area contributed by atoms with Gasteiger partial charge in [0.25, 0.3) is 0 Å². The van der Waals surface area contributed by atoms with Crippen molar-refractivity contribution in [2.45, 2.75) is 19.4 Å². The van der Waals surface area contributed by atoms with Crippen molar-refractivity contribution in [1.29, 1.82) is 0 Å². The van der Waals surface area contributed by atoms with E-state index in [0.717, 1.165) is 24.4 Å². The molecule has 0 aromatic heterocycles. The van der Waals surface area contributed by atoms with Crippen LogP contribution >= 0.6 is 0 Å². The lowest BCUT2D eigenvalue weighted by molar-refractivity contribution is 0.186. The average molecular weight is 175 g/mol. The first kappa shape index (κ1) is 8.30. The summed E-state index contributed by atoms with van der Waals surface area (Å²) in [5.74, 6) is 0.791. The summed E-state index contributed by atoms with van der Waals surface area (Å²) in [6, 6.07) is 10.0. The van der Waals surface area contributed by atoms with Crippen LogP contribution in [0, 0.1) is 0 Å². The standard InChI is InChI=1S/C11H13NO/c1-9-7-8-12-11(13-9)10-5-3-2-4-6-10/h2-6,9H,7-8H2,1H3. The Morgan fingerprint density at radius 3 is 2.77 bits per heavy atom. The van der Waals surface area contributed by atoms with Gasteiger partial charge in [-0.3, -0.25) is 4.99 Å². The SMILES string of the molecule is CC1CCN=C(c2ccccc2)O1. The van der Waals surface area contributed by atoms with E-state index in [4.69, 9.17) is 4.74 Å². The van der Waals surface area contributed by atoms with Gasteiger partial charge < -0.3 is 4.74 Å². The minimum atomic E-state index is 0.299. The molecule has 0 amide bonds. The third-order valence-corrected chi connectivity index (χ3v) is 2.12. The maximum absolute atomic E-state index is 5.62. The second kappa shape index (κ2) is 3.60. The molecular weight excluding hydrogens is 162 g/mol. The molecule has 0 saturated heterocycles. The van der Waals surface area contributed by atoms with Crippen LogP contribution < -0.4 is 0 Å². The van der Waals surface area contributed by atoms with Crippen molar-refractivity contribution in [2.75, 3.05) is 6.54 Å². The molecule has 0 bridgehead atoms. The molecule has 0 saturated carbocycles. The summed E-state index contributed by atoms with van der Waals surface area (Å²) in [5, 5.41) is 0. The second-order valence-electron chi connectivity index (χ2n) is 3.27. The van der Waals surface area contributed by atoms with Gasteiger partial charge in [0.2, 0.25) is 5.90 Å². The van der Waals surface area contributed by atoms with Crippen molar-refractivity contribution in [3.8, 4) is 0 Å². The molecule has 0 N–H and O–H groups in total. The molecule has 1 aliphatic rings. The van der Waals surface area contributed by atoms with Crippen LogP contribution in [0.4, 0.5) is 0 Å². The lowest BCUT2D eigenvalue weighted by Gasteiger charge is -2.20. The van der Waals surface area contributed by atoms with Crippen molar-refractivity contribution < 1.29 is 4.74 Å². The highest BCUT2D eigenvalue weighted by atomic mass is 16.5. The molecule has 2 heteroatoms. The molecule has 1 aromatic rings. The first-order valence-electron chi connectivity index (χ1n) is 4.63. The van der Waals surface area contributed by atoms with Gasteiger partial charge in [0, 0.05) is 18.5 Å². The fraction of sp³-hybridized carbons (Fsp3) is 0.364. The molecular formula is C11H13NO. The Balaban J connectivity index is 2.22. The minimum Gasteiger partial charge on any atom is -0.474 e. The summed E-state index contributed by atoms with van der Waals surface area (Å²) in [5.41, 5.74) is 1.08. The van der Waals surface area contributed by atoms with E-state index in [-0.39, 0.29) is 0 Å². The van der Waals surface area contributed by atoms with E-state index in [0.29, 0.717) is 6.10 Å². The molecule has 1 atom stereocenters. The Labute approximate surface area is 78.3 Å². The zero-order valence-electron chi connectivity index (χ0n) is 7.73. The quantitative estimate of drug-likeness (QED) is 0.641. The molecule has 2 rings (SSSR count). The van der Waals surface area contributed by atoms with Crippen LogP contribution in [0.5, 0.6) is 0 Å². The Morgan fingerprint density at radius 1 is 1.31 bits per heavy atom. The van der Waals surface area contributed by atoms with Crippen molar-refractivity contribution >= 4 is 5.90 Å². The van der Waals surface area contributed by atoms with Crippen LogP contribution in [-0.2, 0) is 4.74 Å². The molecule has 1 aromatic carbocycles. The van der Waals surface area contributed by atoms with Gasteiger partial charge >= 0.3 is 0 Å². The molecule has 0 spiro atoms. The first-order valence-corrected chi connectivity index (χ1v) is 4.63. The van der Waals surface area contributed by atoms with Gasteiger partial charge in [0.1, 0.15) is 0 Å². The molecule has 0 aliphatic carbocycles. The number of hydrogen-bond acceptors (Lipinski definition) is 2. The number of rotatable bonds is 1. The molecule has 2 nitrogen and oxygen atoms in total. The van der Waals surface area contributed by atoms with Crippen molar-refractivity contribution in [2.24, 2.45) is 4.99 Å². The number of aliphatic imine (C=N–C) groups is 1. The van der Waals surface area contributed by atoms with E-state index in [9.17, 15) is 0 Å². The van der Waals surface area contributed by atoms with Gasteiger partial charge in [0.05, 0.1) is 6.10 Å². The summed E-state index contributed by atoms with van der Waals surface area (Å²) in [6.07, 6.45) is 1.32. The highest BCUT2D eigenvalue weighted by molar-refractivity contribution is 5.94. The summed E-state index contributed by atoms with van der Waals surface area (Å²) in [4.78, 5) is 4.34. The maximum Gasteiger partial charge on any atom is 0.216 e. The zero-order valence-corrected chi connectivity index (χ0v) is 7.73. The molecule has 1 aliphatic heterocycles. The monoisotopic (exact) mass is 175 g/mol. The second-order valence-corrected chi connectivity index (χ2v) is 3.27. The van der Waals surface area contributed by atoms with Crippen molar-refractivity contribution in [3.63, 3.8) is 0 Å². The first-order chi connectivity index (χ1) is 6.36. The van der Waals surface area contributed by atoms with Gasteiger partial charge in [-0.05, 0) is 19.1 Å². The fourth-order valence-electron chi connectivity index (χ4n) is 1.37. The zero-order chi connectivity index (χ0) is 9.10. The van der Waals surface area contributed by atoms with Crippen molar-refractivity contribution in [3.05, 3.63) is 35.9 Å². The summed E-state index contributed by atoms with van der Waals surface area (Å²) in [6.45, 7) is 2.96. The predicted molar refractivity (Wildman–Crippen MR) is 53.0 cm³/mol. The summed E-state index contributed by atoms with van der Waals surface area (Å²) in [7, 11) is 0. The fourth-order valence-corrected chi connectivity index (χ4v) is 1.37. The normalized spacial score (nSPS) is 21.9. The van der Waals surface area contributed by atoms with E-state index in [1.165, 1.54) is 0 Å². The van der Waals surface area contributed by atoms with Crippen LogP contribution in [0.1, 0.15) is 18.9 Å². The third-order valence-electron chi connectivity index (χ3n) is 2.12. The lowest BCUT2D eigenvalue weighted by atomic mass is 10.2. The molecule has 0 fully saturated rings. The van der Waals surface area contributed by atoms with E-state index >= 15 is 0 Å². The third kappa shape index (κ3) is 1.89. The molecule has 1 heterocycles. The molecule has 13 heavy (non-hydrogen) atoms. The van der Waals surface area contributed by atoms with Gasteiger partial charge in [-0.15, -0.1) is 0 Å². The van der Waals surface area contributed by atoms with Gasteiger partial charge in [0.15, 0.2) is 0 Å².